The second kappa shape index (κ2) is 12.5. The number of aromatic nitrogens is 2. The van der Waals surface area contributed by atoms with Crippen LogP contribution in [-0.4, -0.2) is 77.6 Å². The van der Waals surface area contributed by atoms with E-state index in [1.165, 1.54) is 27.2 Å². The highest BCUT2D eigenvalue weighted by atomic mass is 35.5. The maximum absolute atomic E-state index is 13.3. The van der Waals surface area contributed by atoms with Crippen LogP contribution in [0.15, 0.2) is 35.7 Å². The van der Waals surface area contributed by atoms with E-state index in [4.69, 9.17) is 11.6 Å². The van der Waals surface area contributed by atoms with Crippen molar-refractivity contribution in [3.8, 4) is 0 Å². The molecular weight excluding hydrogens is 600 g/mol. The second-order valence-electron chi connectivity index (χ2n) is 10.4. The monoisotopic (exact) mass is 630 g/mol. The number of fused-ring (bicyclic) bond motifs is 1. The highest BCUT2D eigenvalue weighted by Gasteiger charge is 2.37. The van der Waals surface area contributed by atoms with Crippen LogP contribution in [0.5, 0.6) is 0 Å². The van der Waals surface area contributed by atoms with Crippen molar-refractivity contribution in [2.24, 2.45) is 0 Å². The number of hydrogen-bond acceptors (Lipinski definition) is 8. The second-order valence-corrected chi connectivity index (χ2v) is 13.8. The van der Waals surface area contributed by atoms with Crippen LogP contribution in [0.3, 0.4) is 0 Å². The summed E-state index contributed by atoms with van der Waals surface area (Å²) in [6.07, 6.45) is 3.40. The number of nitrogens with zero attached hydrogens (tertiary/aromatic N) is 4. The fraction of sp³-hybridized carbons (Fsp3) is 0.393. The number of likely N-dealkylation sites (tertiary alicyclic amines) is 2. The molecule has 3 aromatic heterocycles. The van der Waals surface area contributed by atoms with Gasteiger partial charge in [-0.1, -0.05) is 11.6 Å². The lowest BCUT2D eigenvalue weighted by Gasteiger charge is -2.33. The molecule has 2 N–H and O–H groups in total. The predicted octanol–water partition coefficient (Wildman–Crippen LogP) is 3.47. The molecule has 2 saturated heterocycles. The highest BCUT2D eigenvalue weighted by molar-refractivity contribution is 7.92. The molecule has 2 aliphatic rings. The van der Waals surface area contributed by atoms with Gasteiger partial charge in [0, 0.05) is 34.5 Å². The number of pyridine rings is 2. The largest absolute Gasteiger partial charge is 0.332 e. The predicted molar refractivity (Wildman–Crippen MR) is 162 cm³/mol. The quantitative estimate of drug-likeness (QED) is 0.388. The summed E-state index contributed by atoms with van der Waals surface area (Å²) in [6.45, 7) is 4.33. The maximum Gasteiger partial charge on any atom is 0.248 e. The first kappa shape index (κ1) is 30.1. The number of piperidine rings is 1. The molecule has 0 saturated carbocycles. The minimum absolute atomic E-state index is 0.235. The Morgan fingerprint density at radius 2 is 1.90 bits per heavy atom. The van der Waals surface area contributed by atoms with Crippen LogP contribution in [-0.2, 0) is 24.4 Å². The normalized spacial score (nSPS) is 19.6. The molecule has 14 heteroatoms. The van der Waals surface area contributed by atoms with E-state index < -0.39 is 28.0 Å². The number of carbonyl (C=O) groups is 3. The molecule has 0 unspecified atom stereocenters. The van der Waals surface area contributed by atoms with E-state index in [0.29, 0.717) is 59.5 Å². The Bertz CT molecular complexity index is 1670. The highest BCUT2D eigenvalue weighted by Crippen LogP contribution is 2.24. The summed E-state index contributed by atoms with van der Waals surface area (Å²) in [5.74, 6) is -0.837. The van der Waals surface area contributed by atoms with Crippen LogP contribution in [0.25, 0.3) is 17.1 Å². The fourth-order valence-corrected chi connectivity index (χ4v) is 7.39. The zero-order chi connectivity index (χ0) is 30.0. The van der Waals surface area contributed by atoms with E-state index in [0.717, 1.165) is 22.1 Å². The van der Waals surface area contributed by atoms with Gasteiger partial charge in [0.1, 0.15) is 17.9 Å². The van der Waals surface area contributed by atoms with Crippen LogP contribution in [0, 0.1) is 13.8 Å². The number of nitrogens with one attached hydrogen (secondary N) is 2. The van der Waals surface area contributed by atoms with Gasteiger partial charge in [0.15, 0.2) is 5.65 Å². The molecule has 3 amide bonds. The van der Waals surface area contributed by atoms with E-state index in [2.05, 4.69) is 20.0 Å². The van der Waals surface area contributed by atoms with Crippen LogP contribution in [0.2, 0.25) is 4.34 Å². The zero-order valence-corrected chi connectivity index (χ0v) is 25.6. The minimum Gasteiger partial charge on any atom is -0.332 e. The van der Waals surface area contributed by atoms with Crippen LogP contribution >= 0.6 is 22.9 Å². The molecule has 0 aromatic carbocycles. The van der Waals surface area contributed by atoms with Gasteiger partial charge in [-0.15, -0.1) is 11.3 Å². The first-order valence-corrected chi connectivity index (χ1v) is 16.3. The van der Waals surface area contributed by atoms with Crippen molar-refractivity contribution in [2.75, 3.05) is 25.0 Å². The number of amides is 3. The molecule has 222 valence electrons. The standard InChI is InChI=1S/C28H31ClN6O5S2/c1-17-15-18(2)30-26-20(17)8-10-24(31-26)32-27(37)22-6-4-13-35(22)25(36)16-34-12-3-5-21(28(34)38)33-42(39,40)14-11-19-7-9-23(29)41-19/h7-11,14-15,21-22,33H,3-6,12-13,16H2,1-2H3,(H,30,31,32,37)/b14-11+/t21-,22-/m0/s1. The van der Waals surface area contributed by atoms with Crippen molar-refractivity contribution in [3.05, 3.63) is 56.2 Å². The third kappa shape index (κ3) is 6.97. The van der Waals surface area contributed by atoms with E-state index in [1.807, 2.05) is 26.0 Å². The van der Waals surface area contributed by atoms with Gasteiger partial charge in [0.05, 0.1) is 10.9 Å². The summed E-state index contributed by atoms with van der Waals surface area (Å²) >= 11 is 7.12. The van der Waals surface area contributed by atoms with E-state index in [9.17, 15) is 22.8 Å². The van der Waals surface area contributed by atoms with Gasteiger partial charge in [-0.3, -0.25) is 14.4 Å². The summed E-state index contributed by atoms with van der Waals surface area (Å²) in [5.41, 5.74) is 2.40. The average Bonchev–Trinajstić information content (AvgIpc) is 3.59. The van der Waals surface area contributed by atoms with Crippen LogP contribution in [0.1, 0.15) is 41.8 Å². The van der Waals surface area contributed by atoms with Crippen molar-refractivity contribution < 1.29 is 22.8 Å². The Hall–Kier alpha value is -3.39. The Morgan fingerprint density at radius 1 is 1.12 bits per heavy atom. The van der Waals surface area contributed by atoms with Gasteiger partial charge in [0.25, 0.3) is 0 Å². The topological polar surface area (TPSA) is 142 Å². The number of hydrogen-bond donors (Lipinski definition) is 2. The van der Waals surface area contributed by atoms with Gasteiger partial charge >= 0.3 is 0 Å². The summed E-state index contributed by atoms with van der Waals surface area (Å²) in [6, 6.07) is 7.22. The third-order valence-electron chi connectivity index (χ3n) is 7.30. The molecule has 0 spiro atoms. The SMILES string of the molecule is Cc1cc(C)c2ccc(NC(=O)[C@@H]3CCCN3C(=O)CN3CCC[C@H](NS(=O)(=O)/C=C/c4ccc(Cl)s4)C3=O)nc2n1. The molecule has 3 aromatic rings. The van der Waals surface area contributed by atoms with Crippen molar-refractivity contribution >= 4 is 73.6 Å². The van der Waals surface area contributed by atoms with Gasteiger partial charge in [0.2, 0.25) is 27.7 Å². The molecule has 2 fully saturated rings. The lowest BCUT2D eigenvalue weighted by molar-refractivity contribution is -0.144. The molecule has 0 aliphatic carbocycles. The van der Waals surface area contributed by atoms with Gasteiger partial charge in [-0.2, -0.15) is 4.72 Å². The maximum atomic E-state index is 13.3. The molecule has 11 nitrogen and oxygen atoms in total. The fourth-order valence-electron chi connectivity index (χ4n) is 5.32. The number of anilines is 1. The molecule has 0 bridgehead atoms. The van der Waals surface area contributed by atoms with Crippen molar-refractivity contribution in [2.45, 2.75) is 51.6 Å². The van der Waals surface area contributed by atoms with Crippen LogP contribution in [0.4, 0.5) is 5.82 Å². The van der Waals surface area contributed by atoms with Gasteiger partial charge in [-0.25, -0.2) is 18.4 Å². The smallest absolute Gasteiger partial charge is 0.248 e. The Morgan fingerprint density at radius 3 is 2.67 bits per heavy atom. The Labute approximate surface area is 253 Å². The molecule has 42 heavy (non-hydrogen) atoms. The molecule has 0 radical (unpaired) electrons. The van der Waals surface area contributed by atoms with E-state index in [1.54, 1.807) is 18.2 Å². The van der Waals surface area contributed by atoms with Crippen molar-refractivity contribution in [3.63, 3.8) is 0 Å². The number of sulfonamides is 1. The molecule has 5 rings (SSSR count). The molecule has 5 heterocycles. The van der Waals surface area contributed by atoms with Gasteiger partial charge in [-0.05, 0) is 81.5 Å². The number of aryl methyl sites for hydroxylation is 2. The van der Waals surface area contributed by atoms with Crippen LogP contribution < -0.4 is 10.0 Å². The third-order valence-corrected chi connectivity index (χ3v) is 9.61. The zero-order valence-electron chi connectivity index (χ0n) is 23.2. The van der Waals surface area contributed by atoms with Crippen molar-refractivity contribution in [1.82, 2.24) is 24.5 Å². The van der Waals surface area contributed by atoms with E-state index >= 15 is 0 Å². The first-order chi connectivity index (χ1) is 20.0. The lowest BCUT2D eigenvalue weighted by atomic mass is 10.1. The average molecular weight is 631 g/mol. The number of carbonyl (C=O) groups excluding carboxylic acids is 3. The minimum atomic E-state index is -3.91. The first-order valence-electron chi connectivity index (χ1n) is 13.6. The Kier molecular flexibility index (Phi) is 8.92. The van der Waals surface area contributed by atoms with Crippen molar-refractivity contribution in [1.29, 1.82) is 0 Å². The lowest BCUT2D eigenvalue weighted by Crippen LogP contribution is -2.55. The number of halogens is 1. The van der Waals surface area contributed by atoms with E-state index in [-0.39, 0.29) is 18.4 Å². The summed E-state index contributed by atoms with van der Waals surface area (Å²) in [5, 5.41) is 4.71. The summed E-state index contributed by atoms with van der Waals surface area (Å²) in [7, 11) is -3.91. The summed E-state index contributed by atoms with van der Waals surface area (Å²) < 4.78 is 28.2. The number of rotatable bonds is 8. The number of thiophene rings is 1. The Balaban J connectivity index is 1.20. The summed E-state index contributed by atoms with van der Waals surface area (Å²) in [4.78, 5) is 52.1. The molecular formula is C28H31ClN6O5S2. The molecule has 2 atom stereocenters. The molecule has 2 aliphatic heterocycles. The van der Waals surface area contributed by atoms with Gasteiger partial charge < -0.3 is 15.1 Å².